The average Bonchev–Trinajstić information content (AvgIpc) is 2.86. The number of aromatic nitrogens is 2. The molecule has 1 aliphatic rings. The van der Waals surface area contributed by atoms with E-state index in [2.05, 4.69) is 30.6 Å². The zero-order valence-electron chi connectivity index (χ0n) is 8.58. The van der Waals surface area contributed by atoms with E-state index in [1.807, 2.05) is 18.3 Å². The molecule has 0 amide bonds. The fraction of sp³-hybridized carbons (Fsp3) is 0.364. The lowest BCUT2D eigenvalue weighted by atomic mass is 10.2. The lowest BCUT2D eigenvalue weighted by molar-refractivity contribution is 0.602. The molecule has 0 aromatic carbocycles. The highest BCUT2D eigenvalue weighted by molar-refractivity contribution is 9.10. The van der Waals surface area contributed by atoms with Crippen LogP contribution in [0.4, 0.5) is 0 Å². The van der Waals surface area contributed by atoms with Gasteiger partial charge in [-0.1, -0.05) is 11.6 Å². The van der Waals surface area contributed by atoms with Gasteiger partial charge in [0.1, 0.15) is 10.4 Å². The van der Waals surface area contributed by atoms with Crippen molar-refractivity contribution in [3.63, 3.8) is 0 Å². The number of imidazole rings is 1. The van der Waals surface area contributed by atoms with Crippen molar-refractivity contribution in [1.82, 2.24) is 14.7 Å². The smallest absolute Gasteiger partial charge is 0.132 e. The first-order chi connectivity index (χ1) is 7.75. The summed E-state index contributed by atoms with van der Waals surface area (Å²) < 4.78 is 2.95. The van der Waals surface area contributed by atoms with Crippen LogP contribution < -0.4 is 5.32 Å². The van der Waals surface area contributed by atoms with Crippen LogP contribution in [-0.4, -0.2) is 15.9 Å². The SMILES string of the molecule is Clc1ccc2c(Br)nc(C3CCCN3)n2c1. The summed E-state index contributed by atoms with van der Waals surface area (Å²) >= 11 is 9.51. The Balaban J connectivity index is 2.19. The molecule has 0 saturated carbocycles. The van der Waals surface area contributed by atoms with Gasteiger partial charge < -0.3 is 5.32 Å². The molecule has 1 atom stereocenters. The van der Waals surface area contributed by atoms with Crippen LogP contribution in [0.3, 0.4) is 0 Å². The minimum absolute atomic E-state index is 0.345. The van der Waals surface area contributed by atoms with Gasteiger partial charge >= 0.3 is 0 Å². The first-order valence-corrected chi connectivity index (χ1v) is 6.49. The molecular formula is C11H11BrClN3. The van der Waals surface area contributed by atoms with E-state index >= 15 is 0 Å². The Kier molecular flexibility index (Phi) is 2.65. The molecule has 0 aliphatic carbocycles. The standard InChI is InChI=1S/C11H11BrClN3/c12-10-9-4-3-7(13)6-16(9)11(15-10)8-2-1-5-14-8/h3-4,6,8,14H,1-2,5H2. The molecule has 5 heteroatoms. The van der Waals surface area contributed by atoms with E-state index in [1.165, 1.54) is 6.42 Å². The lowest BCUT2D eigenvalue weighted by Crippen LogP contribution is -2.15. The zero-order chi connectivity index (χ0) is 11.1. The molecule has 0 spiro atoms. The fourth-order valence-corrected chi connectivity index (χ4v) is 2.86. The predicted molar refractivity (Wildman–Crippen MR) is 67.9 cm³/mol. The van der Waals surface area contributed by atoms with Gasteiger partial charge in [-0.2, -0.15) is 0 Å². The van der Waals surface area contributed by atoms with Crippen molar-refractivity contribution in [3.05, 3.63) is 33.8 Å². The lowest BCUT2D eigenvalue weighted by Gasteiger charge is -2.08. The number of hydrogen-bond acceptors (Lipinski definition) is 2. The number of pyridine rings is 1. The third-order valence-electron chi connectivity index (χ3n) is 2.96. The third kappa shape index (κ3) is 1.65. The van der Waals surface area contributed by atoms with Crippen molar-refractivity contribution >= 4 is 33.0 Å². The van der Waals surface area contributed by atoms with Gasteiger partial charge in [-0.15, -0.1) is 0 Å². The maximum atomic E-state index is 6.02. The molecular weight excluding hydrogens is 289 g/mol. The molecule has 1 aliphatic heterocycles. The summed E-state index contributed by atoms with van der Waals surface area (Å²) in [5, 5.41) is 4.18. The first kappa shape index (κ1) is 10.6. The molecule has 2 aromatic rings. The van der Waals surface area contributed by atoms with Crippen molar-refractivity contribution in [2.45, 2.75) is 18.9 Å². The molecule has 84 valence electrons. The minimum Gasteiger partial charge on any atom is -0.307 e. The number of fused-ring (bicyclic) bond motifs is 1. The number of nitrogens with zero attached hydrogens (tertiary/aromatic N) is 2. The fourth-order valence-electron chi connectivity index (χ4n) is 2.19. The summed E-state index contributed by atoms with van der Waals surface area (Å²) in [4.78, 5) is 4.57. The van der Waals surface area contributed by atoms with Gasteiger partial charge in [-0.05, 0) is 47.4 Å². The largest absolute Gasteiger partial charge is 0.307 e. The zero-order valence-corrected chi connectivity index (χ0v) is 10.9. The third-order valence-corrected chi connectivity index (χ3v) is 3.76. The number of rotatable bonds is 1. The molecule has 3 rings (SSSR count). The molecule has 0 radical (unpaired) electrons. The number of halogens is 2. The summed E-state index contributed by atoms with van der Waals surface area (Å²) in [6.07, 6.45) is 4.26. The monoisotopic (exact) mass is 299 g/mol. The Morgan fingerprint density at radius 3 is 3.12 bits per heavy atom. The highest BCUT2D eigenvalue weighted by atomic mass is 79.9. The van der Waals surface area contributed by atoms with Crippen LogP contribution >= 0.6 is 27.5 Å². The quantitative estimate of drug-likeness (QED) is 0.876. The Morgan fingerprint density at radius 1 is 1.50 bits per heavy atom. The Hall–Kier alpha value is -0.580. The van der Waals surface area contributed by atoms with Gasteiger partial charge in [0.2, 0.25) is 0 Å². The van der Waals surface area contributed by atoms with Crippen LogP contribution in [0, 0.1) is 0 Å². The molecule has 2 aromatic heterocycles. The second kappa shape index (κ2) is 4.02. The molecule has 1 fully saturated rings. The average molecular weight is 301 g/mol. The Bertz CT molecular complexity index is 531. The maximum absolute atomic E-state index is 6.02. The van der Waals surface area contributed by atoms with Crippen molar-refractivity contribution in [1.29, 1.82) is 0 Å². The van der Waals surface area contributed by atoms with E-state index in [0.29, 0.717) is 6.04 Å². The normalized spacial score (nSPS) is 20.8. The van der Waals surface area contributed by atoms with Crippen LogP contribution in [0.2, 0.25) is 5.02 Å². The first-order valence-electron chi connectivity index (χ1n) is 5.32. The molecule has 16 heavy (non-hydrogen) atoms. The number of nitrogens with one attached hydrogen (secondary N) is 1. The van der Waals surface area contributed by atoms with Crippen LogP contribution in [0.1, 0.15) is 24.7 Å². The van der Waals surface area contributed by atoms with Gasteiger partial charge in [0.25, 0.3) is 0 Å². The molecule has 0 bridgehead atoms. The molecule has 3 heterocycles. The minimum atomic E-state index is 0.345. The predicted octanol–water partition coefficient (Wildman–Crippen LogP) is 3.17. The van der Waals surface area contributed by atoms with Crippen molar-refractivity contribution in [2.24, 2.45) is 0 Å². The molecule has 1 N–H and O–H groups in total. The molecule has 3 nitrogen and oxygen atoms in total. The van der Waals surface area contributed by atoms with Crippen molar-refractivity contribution < 1.29 is 0 Å². The van der Waals surface area contributed by atoms with Crippen LogP contribution in [-0.2, 0) is 0 Å². The maximum Gasteiger partial charge on any atom is 0.132 e. The van der Waals surface area contributed by atoms with E-state index in [0.717, 1.165) is 33.9 Å². The van der Waals surface area contributed by atoms with E-state index < -0.39 is 0 Å². The number of hydrogen-bond donors (Lipinski definition) is 1. The van der Waals surface area contributed by atoms with Gasteiger partial charge in [0.15, 0.2) is 0 Å². The summed E-state index contributed by atoms with van der Waals surface area (Å²) in [5.41, 5.74) is 1.06. The highest BCUT2D eigenvalue weighted by Gasteiger charge is 2.22. The van der Waals surface area contributed by atoms with E-state index in [4.69, 9.17) is 11.6 Å². The Morgan fingerprint density at radius 2 is 2.38 bits per heavy atom. The molecule has 1 unspecified atom stereocenters. The van der Waals surface area contributed by atoms with E-state index in [-0.39, 0.29) is 0 Å². The Labute approximate surface area is 107 Å². The van der Waals surface area contributed by atoms with Crippen molar-refractivity contribution in [3.8, 4) is 0 Å². The van der Waals surface area contributed by atoms with Gasteiger partial charge in [-0.3, -0.25) is 4.40 Å². The molecule has 1 saturated heterocycles. The van der Waals surface area contributed by atoms with Crippen molar-refractivity contribution in [2.75, 3.05) is 6.54 Å². The van der Waals surface area contributed by atoms with Gasteiger partial charge in [0, 0.05) is 6.20 Å². The van der Waals surface area contributed by atoms with E-state index in [1.54, 1.807) is 0 Å². The van der Waals surface area contributed by atoms with Crippen LogP contribution in [0.5, 0.6) is 0 Å². The second-order valence-corrected chi connectivity index (χ2v) is 5.20. The summed E-state index contributed by atoms with van der Waals surface area (Å²) in [6, 6.07) is 4.21. The second-order valence-electron chi connectivity index (χ2n) is 4.01. The van der Waals surface area contributed by atoms with Gasteiger partial charge in [-0.25, -0.2) is 4.98 Å². The van der Waals surface area contributed by atoms with Crippen LogP contribution in [0.25, 0.3) is 5.52 Å². The summed E-state index contributed by atoms with van der Waals surface area (Å²) in [5.74, 6) is 1.04. The summed E-state index contributed by atoms with van der Waals surface area (Å²) in [6.45, 7) is 1.07. The van der Waals surface area contributed by atoms with Crippen LogP contribution in [0.15, 0.2) is 22.9 Å². The topological polar surface area (TPSA) is 29.3 Å². The summed E-state index contributed by atoms with van der Waals surface area (Å²) in [7, 11) is 0. The van der Waals surface area contributed by atoms with E-state index in [9.17, 15) is 0 Å². The van der Waals surface area contributed by atoms with Gasteiger partial charge in [0.05, 0.1) is 16.6 Å². The highest BCUT2D eigenvalue weighted by Crippen LogP contribution is 2.28.